The normalized spacial score (nSPS) is 17.9. The van der Waals surface area contributed by atoms with E-state index >= 15 is 0 Å². The van der Waals surface area contributed by atoms with Gasteiger partial charge >= 0.3 is 6.36 Å². The zero-order valence-corrected chi connectivity index (χ0v) is 12.1. The Hall–Kier alpha value is -1.02. The Kier molecular flexibility index (Phi) is 6.73. The van der Waals surface area contributed by atoms with Crippen LogP contribution in [0.25, 0.3) is 0 Å². The van der Waals surface area contributed by atoms with Crippen molar-refractivity contribution in [1.29, 1.82) is 0 Å². The maximum absolute atomic E-state index is 12.1. The van der Waals surface area contributed by atoms with Crippen molar-refractivity contribution in [3.63, 3.8) is 0 Å². The average molecular weight is 327 g/mol. The highest BCUT2D eigenvalue weighted by molar-refractivity contribution is 5.85. The number of aliphatic hydroxyl groups is 1. The molecule has 2 rings (SSSR count). The predicted molar refractivity (Wildman–Crippen MR) is 74.6 cm³/mol. The first-order chi connectivity index (χ1) is 9.49. The zero-order valence-electron chi connectivity index (χ0n) is 11.3. The molecule has 4 nitrogen and oxygen atoms in total. The molecule has 2 N–H and O–H groups in total. The number of aliphatic hydroxyl groups excluding tert-OH is 1. The highest BCUT2D eigenvalue weighted by atomic mass is 35.5. The van der Waals surface area contributed by atoms with Gasteiger partial charge in [0.25, 0.3) is 0 Å². The molecule has 1 aromatic carbocycles. The molecule has 1 saturated heterocycles. The van der Waals surface area contributed by atoms with Crippen molar-refractivity contribution in [2.45, 2.75) is 12.4 Å². The van der Waals surface area contributed by atoms with Crippen LogP contribution in [0.15, 0.2) is 24.3 Å². The van der Waals surface area contributed by atoms with Crippen molar-refractivity contribution >= 4 is 12.4 Å². The van der Waals surface area contributed by atoms with Gasteiger partial charge in [-0.05, 0) is 17.7 Å². The number of nitrogens with zero attached hydrogens (tertiary/aromatic N) is 1. The van der Waals surface area contributed by atoms with Crippen LogP contribution in [0.5, 0.6) is 5.75 Å². The van der Waals surface area contributed by atoms with Gasteiger partial charge in [-0.25, -0.2) is 0 Å². The summed E-state index contributed by atoms with van der Waals surface area (Å²) in [6, 6.07) is 5.46. The summed E-state index contributed by atoms with van der Waals surface area (Å²) in [5.74, 6) is -0.252. The van der Waals surface area contributed by atoms with E-state index in [0.29, 0.717) is 0 Å². The lowest BCUT2D eigenvalue weighted by atomic mass is 10.1. The van der Waals surface area contributed by atoms with Gasteiger partial charge in [-0.1, -0.05) is 12.1 Å². The van der Waals surface area contributed by atoms with Gasteiger partial charge in [-0.15, -0.1) is 25.6 Å². The summed E-state index contributed by atoms with van der Waals surface area (Å²) < 4.78 is 40.1. The van der Waals surface area contributed by atoms with E-state index in [1.165, 1.54) is 12.1 Å². The van der Waals surface area contributed by atoms with Crippen LogP contribution < -0.4 is 10.1 Å². The molecule has 1 heterocycles. The Balaban J connectivity index is 0.00000220. The van der Waals surface area contributed by atoms with Crippen molar-refractivity contribution in [2.75, 3.05) is 32.8 Å². The first-order valence-electron chi connectivity index (χ1n) is 6.41. The zero-order chi connectivity index (χ0) is 14.6. The fourth-order valence-corrected chi connectivity index (χ4v) is 2.32. The maximum atomic E-state index is 12.1. The SMILES string of the molecule is Cl.OC[C@@H](c1ccc(OC(F)(F)F)cc1)N1CCNCC1. The highest BCUT2D eigenvalue weighted by Gasteiger charge is 2.31. The fraction of sp³-hybridized carbons (Fsp3) is 0.538. The Labute approximate surface area is 127 Å². The van der Waals surface area contributed by atoms with Gasteiger partial charge in [0.1, 0.15) is 5.75 Å². The second-order valence-corrected chi connectivity index (χ2v) is 4.60. The number of rotatable bonds is 4. The Morgan fingerprint density at radius 3 is 2.24 bits per heavy atom. The molecule has 0 unspecified atom stereocenters. The van der Waals surface area contributed by atoms with Gasteiger partial charge in [-0.2, -0.15) is 0 Å². The van der Waals surface area contributed by atoms with Gasteiger partial charge < -0.3 is 15.2 Å². The minimum Gasteiger partial charge on any atom is -0.406 e. The molecule has 1 atom stereocenters. The smallest absolute Gasteiger partial charge is 0.406 e. The Morgan fingerprint density at radius 1 is 1.19 bits per heavy atom. The van der Waals surface area contributed by atoms with E-state index in [-0.39, 0.29) is 30.8 Å². The van der Waals surface area contributed by atoms with E-state index in [2.05, 4.69) is 15.0 Å². The van der Waals surface area contributed by atoms with Crippen LogP contribution in [0.1, 0.15) is 11.6 Å². The van der Waals surface area contributed by atoms with Gasteiger partial charge in [0.2, 0.25) is 0 Å². The first-order valence-corrected chi connectivity index (χ1v) is 6.41. The van der Waals surface area contributed by atoms with Crippen molar-refractivity contribution in [3.8, 4) is 5.75 Å². The number of nitrogens with one attached hydrogen (secondary N) is 1. The molecule has 0 aliphatic carbocycles. The van der Waals surface area contributed by atoms with Crippen molar-refractivity contribution in [3.05, 3.63) is 29.8 Å². The molecule has 1 aliphatic rings. The Bertz CT molecular complexity index is 422. The van der Waals surface area contributed by atoms with Gasteiger partial charge in [0, 0.05) is 26.2 Å². The monoisotopic (exact) mass is 326 g/mol. The third-order valence-electron chi connectivity index (χ3n) is 3.26. The van der Waals surface area contributed by atoms with Crippen LogP contribution in [0.4, 0.5) is 13.2 Å². The van der Waals surface area contributed by atoms with Crippen LogP contribution >= 0.6 is 12.4 Å². The molecular formula is C13H18ClF3N2O2. The molecule has 0 spiro atoms. The molecule has 1 fully saturated rings. The van der Waals surface area contributed by atoms with Crippen molar-refractivity contribution in [2.24, 2.45) is 0 Å². The minimum absolute atomic E-state index is 0. The highest BCUT2D eigenvalue weighted by Crippen LogP contribution is 2.26. The first kappa shape index (κ1) is 18.0. The van der Waals surface area contributed by atoms with Gasteiger partial charge in [0.05, 0.1) is 12.6 Å². The van der Waals surface area contributed by atoms with Crippen molar-refractivity contribution < 1.29 is 23.0 Å². The number of halogens is 4. The lowest BCUT2D eigenvalue weighted by Gasteiger charge is -2.34. The van der Waals surface area contributed by atoms with Crippen LogP contribution in [-0.2, 0) is 0 Å². The van der Waals surface area contributed by atoms with E-state index in [4.69, 9.17) is 0 Å². The van der Waals surface area contributed by atoms with Crippen LogP contribution in [-0.4, -0.2) is 49.2 Å². The fourth-order valence-electron chi connectivity index (χ4n) is 2.32. The third-order valence-corrected chi connectivity index (χ3v) is 3.26. The quantitative estimate of drug-likeness (QED) is 0.887. The molecule has 0 radical (unpaired) electrons. The largest absolute Gasteiger partial charge is 0.573 e. The van der Waals surface area contributed by atoms with Crippen molar-refractivity contribution in [1.82, 2.24) is 10.2 Å². The number of piperazine rings is 1. The number of hydrogen-bond acceptors (Lipinski definition) is 4. The van der Waals surface area contributed by atoms with E-state index in [1.807, 2.05) is 0 Å². The van der Waals surface area contributed by atoms with Crippen LogP contribution in [0.3, 0.4) is 0 Å². The molecule has 0 amide bonds. The number of ether oxygens (including phenoxy) is 1. The third kappa shape index (κ3) is 5.35. The van der Waals surface area contributed by atoms with E-state index in [9.17, 15) is 18.3 Å². The van der Waals surface area contributed by atoms with E-state index in [0.717, 1.165) is 31.7 Å². The standard InChI is InChI=1S/C13H17F3N2O2.ClH/c14-13(15,16)20-11-3-1-10(2-4-11)12(9-19)18-7-5-17-6-8-18;/h1-4,12,17,19H,5-9H2;1H/t12-;/m0./s1. The van der Waals surface area contributed by atoms with E-state index < -0.39 is 6.36 Å². The molecule has 0 bridgehead atoms. The number of alkyl halides is 3. The van der Waals surface area contributed by atoms with Crippen LogP contribution in [0, 0.1) is 0 Å². The lowest BCUT2D eigenvalue weighted by Crippen LogP contribution is -2.46. The Morgan fingerprint density at radius 2 is 1.76 bits per heavy atom. The number of benzene rings is 1. The summed E-state index contributed by atoms with van der Waals surface area (Å²) in [5.41, 5.74) is 0.781. The summed E-state index contributed by atoms with van der Waals surface area (Å²) >= 11 is 0. The predicted octanol–water partition coefficient (Wildman–Crippen LogP) is 1.95. The molecule has 1 aliphatic heterocycles. The second-order valence-electron chi connectivity index (χ2n) is 4.60. The molecule has 21 heavy (non-hydrogen) atoms. The molecule has 0 saturated carbocycles. The van der Waals surface area contributed by atoms with Gasteiger partial charge in [0.15, 0.2) is 0 Å². The summed E-state index contributed by atoms with van der Waals surface area (Å²) in [6.07, 6.45) is -4.68. The number of hydrogen-bond donors (Lipinski definition) is 2. The summed E-state index contributed by atoms with van der Waals surface area (Å²) in [4.78, 5) is 2.11. The molecule has 120 valence electrons. The van der Waals surface area contributed by atoms with E-state index in [1.54, 1.807) is 12.1 Å². The minimum atomic E-state index is -4.68. The second kappa shape index (κ2) is 7.84. The summed E-state index contributed by atoms with van der Waals surface area (Å²) in [5, 5.41) is 12.7. The summed E-state index contributed by atoms with van der Waals surface area (Å²) in [6.45, 7) is 3.20. The molecule has 8 heteroatoms. The van der Waals surface area contributed by atoms with Crippen LogP contribution in [0.2, 0.25) is 0 Å². The maximum Gasteiger partial charge on any atom is 0.573 e. The average Bonchev–Trinajstić information content (AvgIpc) is 2.41. The topological polar surface area (TPSA) is 44.7 Å². The molecule has 1 aromatic rings. The lowest BCUT2D eigenvalue weighted by molar-refractivity contribution is -0.274. The van der Waals surface area contributed by atoms with Gasteiger partial charge in [-0.3, -0.25) is 4.90 Å². The molecule has 0 aromatic heterocycles. The summed E-state index contributed by atoms with van der Waals surface area (Å²) in [7, 11) is 0. The molecular weight excluding hydrogens is 309 g/mol.